The molecule has 1 amide bonds. The van der Waals surface area contributed by atoms with E-state index in [9.17, 15) is 4.79 Å². The number of carbonyl (C=O) groups is 1. The average molecular weight is 337 g/mol. The molecule has 0 radical (unpaired) electrons. The van der Waals surface area contributed by atoms with Crippen LogP contribution in [-0.2, 0) is 11.2 Å². The number of anilines is 1. The van der Waals surface area contributed by atoms with E-state index in [0.717, 1.165) is 5.56 Å². The highest BCUT2D eigenvalue weighted by atomic mass is 16.5. The molecule has 2 aromatic carbocycles. The van der Waals surface area contributed by atoms with Crippen LogP contribution in [0.2, 0.25) is 0 Å². The molecular formula is C18H19N5O2. The second kappa shape index (κ2) is 8.05. The lowest BCUT2D eigenvalue weighted by atomic mass is 10.1. The van der Waals surface area contributed by atoms with E-state index in [-0.39, 0.29) is 5.91 Å². The molecule has 1 aromatic heterocycles. The van der Waals surface area contributed by atoms with Gasteiger partial charge in [0.1, 0.15) is 18.1 Å². The van der Waals surface area contributed by atoms with Gasteiger partial charge in [0.2, 0.25) is 5.91 Å². The zero-order chi connectivity index (χ0) is 17.5. The number of benzene rings is 2. The maximum Gasteiger partial charge on any atom is 0.249 e. The number of rotatable bonds is 7. The third-order valence-electron chi connectivity index (χ3n) is 3.70. The molecule has 1 atom stereocenters. The van der Waals surface area contributed by atoms with E-state index in [2.05, 4.69) is 20.8 Å². The third kappa shape index (κ3) is 4.20. The fourth-order valence-electron chi connectivity index (χ4n) is 2.52. The number of para-hydroxylation sites is 2. The lowest BCUT2D eigenvalue weighted by molar-refractivity contribution is -0.119. The number of hydrogen-bond acceptors (Lipinski definition) is 5. The van der Waals surface area contributed by atoms with Crippen LogP contribution in [0.15, 0.2) is 60.9 Å². The Morgan fingerprint density at radius 2 is 1.92 bits per heavy atom. The summed E-state index contributed by atoms with van der Waals surface area (Å²) in [7, 11) is 0. The molecule has 3 rings (SSSR count). The lowest BCUT2D eigenvalue weighted by Crippen LogP contribution is -2.28. The van der Waals surface area contributed by atoms with Crippen molar-refractivity contribution in [3.8, 4) is 5.75 Å². The van der Waals surface area contributed by atoms with Crippen LogP contribution < -0.4 is 10.1 Å². The van der Waals surface area contributed by atoms with Crippen LogP contribution in [0, 0.1) is 0 Å². The zero-order valence-electron chi connectivity index (χ0n) is 13.9. The summed E-state index contributed by atoms with van der Waals surface area (Å²) in [5, 5.41) is 14.1. The highest BCUT2D eigenvalue weighted by molar-refractivity contribution is 5.95. The highest BCUT2D eigenvalue weighted by Crippen LogP contribution is 2.25. The molecular weight excluding hydrogens is 318 g/mol. The van der Waals surface area contributed by atoms with Crippen LogP contribution in [0.25, 0.3) is 0 Å². The SMILES string of the molecule is CCOc1ccccc1NC(=O)C(Cc1ccccc1)n1cnnn1. The first-order chi connectivity index (χ1) is 12.3. The fourth-order valence-corrected chi connectivity index (χ4v) is 2.52. The molecule has 128 valence electrons. The van der Waals surface area contributed by atoms with Crippen molar-refractivity contribution in [1.29, 1.82) is 0 Å². The molecule has 0 saturated heterocycles. The molecule has 0 saturated carbocycles. The summed E-state index contributed by atoms with van der Waals surface area (Å²) in [6.07, 6.45) is 1.93. The van der Waals surface area contributed by atoms with Gasteiger partial charge in [-0.2, -0.15) is 0 Å². The predicted molar refractivity (Wildman–Crippen MR) is 93.2 cm³/mol. The Labute approximate surface area is 145 Å². The second-order valence-corrected chi connectivity index (χ2v) is 5.41. The molecule has 1 N–H and O–H groups in total. The Balaban J connectivity index is 1.83. The summed E-state index contributed by atoms with van der Waals surface area (Å²) in [6, 6.07) is 16.5. The summed E-state index contributed by atoms with van der Waals surface area (Å²) >= 11 is 0. The van der Waals surface area contributed by atoms with Crippen molar-refractivity contribution >= 4 is 11.6 Å². The maximum absolute atomic E-state index is 12.9. The number of hydrogen-bond donors (Lipinski definition) is 1. The third-order valence-corrected chi connectivity index (χ3v) is 3.70. The van der Waals surface area contributed by atoms with Gasteiger partial charge in [0.05, 0.1) is 12.3 Å². The van der Waals surface area contributed by atoms with Gasteiger partial charge in [-0.3, -0.25) is 4.79 Å². The average Bonchev–Trinajstić information content (AvgIpc) is 3.17. The van der Waals surface area contributed by atoms with Crippen LogP contribution in [0.1, 0.15) is 18.5 Å². The molecule has 0 spiro atoms. The first-order valence-electron chi connectivity index (χ1n) is 8.07. The first-order valence-corrected chi connectivity index (χ1v) is 8.07. The minimum atomic E-state index is -0.563. The van der Waals surface area contributed by atoms with Gasteiger partial charge in [0.25, 0.3) is 0 Å². The van der Waals surface area contributed by atoms with Crippen LogP contribution in [0.3, 0.4) is 0 Å². The highest BCUT2D eigenvalue weighted by Gasteiger charge is 2.23. The van der Waals surface area contributed by atoms with Crippen LogP contribution >= 0.6 is 0 Å². The van der Waals surface area contributed by atoms with E-state index in [4.69, 9.17) is 4.74 Å². The molecule has 7 nitrogen and oxygen atoms in total. The van der Waals surface area contributed by atoms with E-state index in [1.807, 2.05) is 61.5 Å². The Kier molecular flexibility index (Phi) is 5.36. The van der Waals surface area contributed by atoms with Crippen molar-refractivity contribution in [3.63, 3.8) is 0 Å². The Bertz CT molecular complexity index is 805. The molecule has 0 aliphatic rings. The van der Waals surface area contributed by atoms with Gasteiger partial charge in [0, 0.05) is 6.42 Å². The van der Waals surface area contributed by atoms with Crippen LogP contribution in [0.4, 0.5) is 5.69 Å². The van der Waals surface area contributed by atoms with Crippen LogP contribution in [-0.4, -0.2) is 32.7 Å². The molecule has 3 aromatic rings. The summed E-state index contributed by atoms with van der Waals surface area (Å²) in [5.41, 5.74) is 1.65. The molecule has 1 heterocycles. The molecule has 0 aliphatic carbocycles. The van der Waals surface area contributed by atoms with Gasteiger partial charge >= 0.3 is 0 Å². The van der Waals surface area contributed by atoms with Crippen molar-refractivity contribution in [1.82, 2.24) is 20.2 Å². The second-order valence-electron chi connectivity index (χ2n) is 5.41. The minimum Gasteiger partial charge on any atom is -0.492 e. The number of nitrogens with zero attached hydrogens (tertiary/aromatic N) is 4. The van der Waals surface area contributed by atoms with E-state index >= 15 is 0 Å². The van der Waals surface area contributed by atoms with Crippen molar-refractivity contribution in [2.24, 2.45) is 0 Å². The van der Waals surface area contributed by atoms with Gasteiger partial charge in [-0.15, -0.1) is 5.10 Å². The van der Waals surface area contributed by atoms with Gasteiger partial charge in [0.15, 0.2) is 0 Å². The van der Waals surface area contributed by atoms with Crippen molar-refractivity contribution in [2.45, 2.75) is 19.4 Å². The Hall–Kier alpha value is -3.22. The summed E-state index contributed by atoms with van der Waals surface area (Å²) in [6.45, 7) is 2.42. The quantitative estimate of drug-likeness (QED) is 0.716. The summed E-state index contributed by atoms with van der Waals surface area (Å²) in [4.78, 5) is 12.9. The number of tetrazole rings is 1. The molecule has 7 heteroatoms. The van der Waals surface area contributed by atoms with E-state index in [1.165, 1.54) is 11.0 Å². The van der Waals surface area contributed by atoms with Gasteiger partial charge in [-0.1, -0.05) is 42.5 Å². The van der Waals surface area contributed by atoms with E-state index in [0.29, 0.717) is 24.5 Å². The topological polar surface area (TPSA) is 81.9 Å². The normalized spacial score (nSPS) is 11.7. The largest absolute Gasteiger partial charge is 0.492 e. The first kappa shape index (κ1) is 16.6. The van der Waals surface area contributed by atoms with Crippen molar-refractivity contribution in [2.75, 3.05) is 11.9 Å². The predicted octanol–water partition coefficient (Wildman–Crippen LogP) is 2.49. The number of nitrogens with one attached hydrogen (secondary N) is 1. The molecule has 0 bridgehead atoms. The van der Waals surface area contributed by atoms with Crippen molar-refractivity contribution < 1.29 is 9.53 Å². The molecule has 25 heavy (non-hydrogen) atoms. The Morgan fingerprint density at radius 1 is 1.16 bits per heavy atom. The molecule has 0 aliphatic heterocycles. The molecule has 0 fully saturated rings. The van der Waals surface area contributed by atoms with E-state index in [1.54, 1.807) is 0 Å². The Morgan fingerprint density at radius 3 is 2.64 bits per heavy atom. The minimum absolute atomic E-state index is 0.205. The smallest absolute Gasteiger partial charge is 0.249 e. The summed E-state index contributed by atoms with van der Waals surface area (Å²) < 4.78 is 7.03. The fraction of sp³-hybridized carbons (Fsp3) is 0.222. The van der Waals surface area contributed by atoms with Crippen molar-refractivity contribution in [3.05, 3.63) is 66.5 Å². The number of aromatic nitrogens is 4. The monoisotopic (exact) mass is 337 g/mol. The number of amides is 1. The molecule has 1 unspecified atom stereocenters. The zero-order valence-corrected chi connectivity index (χ0v) is 13.9. The standard InChI is InChI=1S/C18H19N5O2/c1-2-25-17-11-7-6-10-15(17)20-18(24)16(23-13-19-21-22-23)12-14-8-4-3-5-9-14/h3-11,13,16H,2,12H2,1H3,(H,20,24). The number of ether oxygens (including phenoxy) is 1. The lowest BCUT2D eigenvalue weighted by Gasteiger charge is -2.18. The van der Waals surface area contributed by atoms with Gasteiger partial charge < -0.3 is 10.1 Å². The van der Waals surface area contributed by atoms with Gasteiger partial charge in [-0.05, 0) is 35.0 Å². The van der Waals surface area contributed by atoms with E-state index < -0.39 is 6.04 Å². The maximum atomic E-state index is 12.9. The van der Waals surface area contributed by atoms with Crippen LogP contribution in [0.5, 0.6) is 5.75 Å². The van der Waals surface area contributed by atoms with Gasteiger partial charge in [-0.25, -0.2) is 4.68 Å². The number of carbonyl (C=O) groups excluding carboxylic acids is 1. The summed E-state index contributed by atoms with van der Waals surface area (Å²) in [5.74, 6) is 0.428.